The summed E-state index contributed by atoms with van der Waals surface area (Å²) in [4.78, 5) is 0. The molecule has 1 aromatic heterocycles. The zero-order valence-electron chi connectivity index (χ0n) is 6.99. The Bertz CT molecular complexity index is 422. The van der Waals surface area contributed by atoms with Crippen molar-refractivity contribution in [2.75, 3.05) is 6.61 Å². The van der Waals surface area contributed by atoms with E-state index in [4.69, 9.17) is 10.2 Å². The Kier molecular flexibility index (Phi) is 1.90. The Morgan fingerprint density at radius 2 is 2.23 bits per heavy atom. The van der Waals surface area contributed by atoms with Gasteiger partial charge in [-0.05, 0) is 12.1 Å². The summed E-state index contributed by atoms with van der Waals surface area (Å²) in [5, 5.41) is 25.7. The number of nitrogens with zero attached hydrogens (tertiary/aromatic N) is 1. The highest BCUT2D eigenvalue weighted by Crippen LogP contribution is 2.20. The number of nitrogens with one attached hydrogen (secondary N) is 1. The van der Waals surface area contributed by atoms with Crippen molar-refractivity contribution < 1.29 is 10.2 Å². The second kappa shape index (κ2) is 3.06. The van der Waals surface area contributed by atoms with E-state index in [0.29, 0.717) is 6.42 Å². The normalized spacial score (nSPS) is 10.8. The number of hydrogen-bond acceptors (Lipinski definition) is 3. The fourth-order valence-corrected chi connectivity index (χ4v) is 1.36. The van der Waals surface area contributed by atoms with Gasteiger partial charge in [0.15, 0.2) is 0 Å². The van der Waals surface area contributed by atoms with Gasteiger partial charge < -0.3 is 10.2 Å². The maximum absolute atomic E-state index is 9.17. The van der Waals surface area contributed by atoms with E-state index < -0.39 is 0 Å². The number of aliphatic hydroxyl groups is 1. The molecule has 0 bridgehead atoms. The van der Waals surface area contributed by atoms with Crippen LogP contribution in [0.1, 0.15) is 5.69 Å². The summed E-state index contributed by atoms with van der Waals surface area (Å²) in [7, 11) is 0. The molecule has 0 spiro atoms. The Morgan fingerprint density at radius 3 is 3.00 bits per heavy atom. The third-order valence-corrected chi connectivity index (χ3v) is 1.98. The van der Waals surface area contributed by atoms with Gasteiger partial charge in [0.2, 0.25) is 0 Å². The van der Waals surface area contributed by atoms with E-state index in [1.165, 1.54) is 0 Å². The van der Waals surface area contributed by atoms with Crippen LogP contribution in [0, 0.1) is 0 Å². The van der Waals surface area contributed by atoms with E-state index in [0.717, 1.165) is 16.6 Å². The van der Waals surface area contributed by atoms with Gasteiger partial charge in [-0.15, -0.1) is 0 Å². The van der Waals surface area contributed by atoms with Crippen LogP contribution in [0.4, 0.5) is 0 Å². The van der Waals surface area contributed by atoms with Crippen LogP contribution in [-0.2, 0) is 6.42 Å². The summed E-state index contributed by atoms with van der Waals surface area (Å²) in [5.41, 5.74) is 1.63. The molecule has 68 valence electrons. The van der Waals surface area contributed by atoms with Crippen LogP contribution >= 0.6 is 0 Å². The van der Waals surface area contributed by atoms with Gasteiger partial charge in [-0.1, -0.05) is 0 Å². The molecule has 1 aromatic carbocycles. The van der Waals surface area contributed by atoms with Gasteiger partial charge in [-0.2, -0.15) is 5.10 Å². The third kappa shape index (κ3) is 1.36. The van der Waals surface area contributed by atoms with Crippen LogP contribution in [0.3, 0.4) is 0 Å². The van der Waals surface area contributed by atoms with Crippen molar-refractivity contribution in [3.8, 4) is 5.75 Å². The van der Waals surface area contributed by atoms with E-state index in [9.17, 15) is 0 Å². The Morgan fingerprint density at radius 1 is 1.38 bits per heavy atom. The van der Waals surface area contributed by atoms with Gasteiger partial charge >= 0.3 is 0 Å². The fraction of sp³-hybridized carbons (Fsp3) is 0.222. The highest BCUT2D eigenvalue weighted by Gasteiger charge is 2.04. The number of phenolic OH excluding ortho intramolecular Hbond substituents is 1. The van der Waals surface area contributed by atoms with Crippen molar-refractivity contribution in [3.05, 3.63) is 23.9 Å². The van der Waals surface area contributed by atoms with Gasteiger partial charge in [-0.25, -0.2) is 0 Å². The lowest BCUT2D eigenvalue weighted by Crippen LogP contribution is -1.90. The Labute approximate surface area is 74.8 Å². The molecule has 2 rings (SSSR count). The van der Waals surface area contributed by atoms with Crippen LogP contribution in [0.15, 0.2) is 18.2 Å². The quantitative estimate of drug-likeness (QED) is 0.637. The molecule has 4 nitrogen and oxygen atoms in total. The third-order valence-electron chi connectivity index (χ3n) is 1.98. The first-order valence-corrected chi connectivity index (χ1v) is 4.08. The Balaban J connectivity index is 2.55. The molecular formula is C9H10N2O2. The number of rotatable bonds is 2. The number of phenols is 1. The summed E-state index contributed by atoms with van der Waals surface area (Å²) in [6.07, 6.45) is 0.557. The van der Waals surface area contributed by atoms with E-state index in [1.807, 2.05) is 0 Å². The van der Waals surface area contributed by atoms with Crippen molar-refractivity contribution in [2.24, 2.45) is 0 Å². The molecule has 0 aliphatic rings. The van der Waals surface area contributed by atoms with Crippen LogP contribution in [0.2, 0.25) is 0 Å². The van der Waals surface area contributed by atoms with E-state index in [1.54, 1.807) is 18.2 Å². The lowest BCUT2D eigenvalue weighted by molar-refractivity contribution is 0.298. The maximum Gasteiger partial charge on any atom is 0.117 e. The van der Waals surface area contributed by atoms with Gasteiger partial charge in [-0.3, -0.25) is 5.10 Å². The van der Waals surface area contributed by atoms with Crippen molar-refractivity contribution in [1.29, 1.82) is 0 Å². The summed E-state index contributed by atoms with van der Waals surface area (Å²) >= 11 is 0. The van der Waals surface area contributed by atoms with Gasteiger partial charge in [0.05, 0.1) is 5.52 Å². The second-order valence-corrected chi connectivity index (χ2v) is 2.88. The maximum atomic E-state index is 9.17. The highest BCUT2D eigenvalue weighted by molar-refractivity contribution is 5.82. The van der Waals surface area contributed by atoms with Gasteiger partial charge in [0.25, 0.3) is 0 Å². The van der Waals surface area contributed by atoms with Gasteiger partial charge in [0.1, 0.15) is 5.75 Å². The zero-order chi connectivity index (χ0) is 9.26. The van der Waals surface area contributed by atoms with Crippen molar-refractivity contribution in [3.63, 3.8) is 0 Å². The lowest BCUT2D eigenvalue weighted by Gasteiger charge is -1.94. The predicted molar refractivity (Wildman–Crippen MR) is 48.5 cm³/mol. The molecule has 13 heavy (non-hydrogen) atoms. The van der Waals surface area contributed by atoms with Gasteiger partial charge in [0, 0.05) is 30.2 Å². The molecule has 3 N–H and O–H groups in total. The minimum atomic E-state index is 0.0954. The summed E-state index contributed by atoms with van der Waals surface area (Å²) < 4.78 is 0. The number of aromatic hydroxyl groups is 1. The van der Waals surface area contributed by atoms with Crippen LogP contribution in [0.25, 0.3) is 10.9 Å². The number of benzene rings is 1. The first-order chi connectivity index (χ1) is 6.31. The lowest BCUT2D eigenvalue weighted by atomic mass is 10.2. The summed E-state index contributed by atoms with van der Waals surface area (Å²) in [6.45, 7) is 0.0954. The summed E-state index contributed by atoms with van der Waals surface area (Å²) in [5.74, 6) is 0.203. The van der Waals surface area contributed by atoms with Crippen molar-refractivity contribution in [2.45, 2.75) is 6.42 Å². The largest absolute Gasteiger partial charge is 0.508 e. The van der Waals surface area contributed by atoms with Crippen molar-refractivity contribution in [1.82, 2.24) is 10.2 Å². The topological polar surface area (TPSA) is 69.1 Å². The SMILES string of the molecule is OCCc1[nH]nc2cc(O)ccc12. The highest BCUT2D eigenvalue weighted by atomic mass is 16.3. The van der Waals surface area contributed by atoms with Crippen LogP contribution < -0.4 is 0 Å². The average Bonchev–Trinajstić information content (AvgIpc) is 2.49. The molecule has 0 aliphatic carbocycles. The monoisotopic (exact) mass is 178 g/mol. The standard InChI is InChI=1S/C9H10N2O2/c12-4-3-8-7-2-1-6(13)5-9(7)11-10-8/h1-2,5,12-13H,3-4H2,(H,10,11). The molecule has 0 saturated heterocycles. The summed E-state index contributed by atoms with van der Waals surface area (Å²) in [6, 6.07) is 4.99. The number of H-pyrrole nitrogens is 1. The first-order valence-electron chi connectivity index (χ1n) is 4.08. The average molecular weight is 178 g/mol. The number of fused-ring (bicyclic) bond motifs is 1. The van der Waals surface area contributed by atoms with Crippen molar-refractivity contribution >= 4 is 10.9 Å². The number of aliphatic hydroxyl groups excluding tert-OH is 1. The molecule has 2 aromatic rings. The molecule has 0 atom stereocenters. The minimum Gasteiger partial charge on any atom is -0.508 e. The zero-order valence-corrected chi connectivity index (χ0v) is 6.99. The predicted octanol–water partition coefficient (Wildman–Crippen LogP) is 0.803. The van der Waals surface area contributed by atoms with Crippen LogP contribution in [0.5, 0.6) is 5.75 Å². The molecule has 0 aliphatic heterocycles. The molecule has 0 unspecified atom stereocenters. The smallest absolute Gasteiger partial charge is 0.117 e. The minimum absolute atomic E-state index is 0.0954. The molecule has 1 heterocycles. The molecule has 4 heteroatoms. The van der Waals surface area contributed by atoms with E-state index >= 15 is 0 Å². The fourth-order valence-electron chi connectivity index (χ4n) is 1.36. The van der Waals surface area contributed by atoms with Crippen LogP contribution in [-0.4, -0.2) is 27.0 Å². The molecular weight excluding hydrogens is 168 g/mol. The molecule has 0 amide bonds. The molecule has 0 saturated carbocycles. The second-order valence-electron chi connectivity index (χ2n) is 2.88. The number of aromatic amines is 1. The molecule has 0 fully saturated rings. The first kappa shape index (κ1) is 8.07. The van der Waals surface area contributed by atoms with E-state index in [2.05, 4.69) is 10.2 Å². The number of aromatic nitrogens is 2. The Hall–Kier alpha value is -1.55. The number of hydrogen-bond donors (Lipinski definition) is 3. The van der Waals surface area contributed by atoms with E-state index in [-0.39, 0.29) is 12.4 Å². The molecule has 0 radical (unpaired) electrons.